The summed E-state index contributed by atoms with van der Waals surface area (Å²) in [6, 6.07) is 19.7. The molecule has 0 spiro atoms. The maximum absolute atomic E-state index is 14.8. The molecule has 34 heavy (non-hydrogen) atoms. The molecule has 8 heteroatoms. The maximum Gasteiger partial charge on any atom is 0.335 e. The summed E-state index contributed by atoms with van der Waals surface area (Å²) in [6.07, 6.45) is 1.70. The van der Waals surface area contributed by atoms with Crippen molar-refractivity contribution in [2.45, 2.75) is 19.0 Å². The highest BCUT2D eigenvalue weighted by atomic mass is 32.1. The van der Waals surface area contributed by atoms with Gasteiger partial charge < -0.3 is 19.7 Å². The van der Waals surface area contributed by atoms with Gasteiger partial charge in [-0.3, -0.25) is 4.98 Å². The number of hydrogen-bond donors (Lipinski definition) is 2. The van der Waals surface area contributed by atoms with E-state index in [2.05, 4.69) is 10.3 Å². The molecule has 0 radical (unpaired) electrons. The molecule has 1 fully saturated rings. The lowest BCUT2D eigenvalue weighted by atomic mass is 10.0. The van der Waals surface area contributed by atoms with Crippen molar-refractivity contribution >= 4 is 29.0 Å². The Labute approximate surface area is 200 Å². The SMILES string of the molecule is Cc1cc(C(=O)O)ccc1-c1ccc([C@H]2[C@H](c3ccccn3)NC(=S)N2c2ccccc2F)o1. The van der Waals surface area contributed by atoms with Crippen LogP contribution in [0.5, 0.6) is 0 Å². The third kappa shape index (κ3) is 3.82. The number of nitrogens with zero attached hydrogens (tertiary/aromatic N) is 2. The highest BCUT2D eigenvalue weighted by molar-refractivity contribution is 7.80. The molecule has 1 aliphatic rings. The molecule has 2 aromatic heterocycles. The Hall–Kier alpha value is -4.04. The number of anilines is 1. The fraction of sp³-hybridized carbons (Fsp3) is 0.115. The lowest BCUT2D eigenvalue weighted by Crippen LogP contribution is -2.30. The molecule has 1 aliphatic heterocycles. The maximum atomic E-state index is 14.8. The van der Waals surface area contributed by atoms with E-state index in [9.17, 15) is 14.3 Å². The molecule has 5 rings (SSSR count). The second-order valence-corrected chi connectivity index (χ2v) is 8.37. The number of carboxylic acids is 1. The Kier molecular flexibility index (Phi) is 5.59. The smallest absolute Gasteiger partial charge is 0.335 e. The molecule has 1 saturated heterocycles. The van der Waals surface area contributed by atoms with E-state index >= 15 is 0 Å². The number of carbonyl (C=O) groups is 1. The first kappa shape index (κ1) is 21.8. The van der Waals surface area contributed by atoms with Gasteiger partial charge in [-0.15, -0.1) is 0 Å². The van der Waals surface area contributed by atoms with Crippen molar-refractivity contribution in [3.05, 3.63) is 107 Å². The number of rotatable bonds is 5. The average Bonchev–Trinajstić information content (AvgIpc) is 3.44. The average molecular weight is 474 g/mol. The van der Waals surface area contributed by atoms with Gasteiger partial charge in [0.25, 0.3) is 0 Å². The summed E-state index contributed by atoms with van der Waals surface area (Å²) in [4.78, 5) is 17.5. The van der Waals surface area contributed by atoms with Crippen LogP contribution in [0.2, 0.25) is 0 Å². The van der Waals surface area contributed by atoms with E-state index in [-0.39, 0.29) is 11.6 Å². The molecule has 170 valence electrons. The minimum absolute atomic E-state index is 0.208. The van der Waals surface area contributed by atoms with E-state index in [1.54, 1.807) is 47.5 Å². The van der Waals surface area contributed by atoms with Crippen molar-refractivity contribution in [2.24, 2.45) is 0 Å². The lowest BCUT2D eigenvalue weighted by molar-refractivity contribution is 0.0696. The van der Waals surface area contributed by atoms with Crippen LogP contribution in [-0.4, -0.2) is 21.2 Å². The van der Waals surface area contributed by atoms with Gasteiger partial charge in [-0.25, -0.2) is 9.18 Å². The molecule has 0 unspecified atom stereocenters. The number of para-hydroxylation sites is 1. The number of pyridine rings is 1. The number of aromatic carboxylic acids is 1. The van der Waals surface area contributed by atoms with Gasteiger partial charge in [0, 0.05) is 11.8 Å². The van der Waals surface area contributed by atoms with Crippen LogP contribution in [0, 0.1) is 12.7 Å². The predicted octanol–water partition coefficient (Wildman–Crippen LogP) is 5.66. The summed E-state index contributed by atoms with van der Waals surface area (Å²) in [5, 5.41) is 12.9. The van der Waals surface area contributed by atoms with Crippen LogP contribution in [0.1, 0.15) is 39.5 Å². The molecule has 0 aliphatic carbocycles. The number of aryl methyl sites for hydroxylation is 1. The van der Waals surface area contributed by atoms with Crippen molar-refractivity contribution in [1.29, 1.82) is 0 Å². The second-order valence-electron chi connectivity index (χ2n) is 7.98. The Morgan fingerprint density at radius 1 is 1.12 bits per heavy atom. The molecule has 2 aromatic carbocycles. The second kappa shape index (κ2) is 8.72. The first-order valence-corrected chi connectivity index (χ1v) is 11.0. The number of benzene rings is 2. The molecule has 0 amide bonds. The highest BCUT2D eigenvalue weighted by Gasteiger charge is 2.43. The third-order valence-electron chi connectivity index (χ3n) is 5.87. The first-order valence-electron chi connectivity index (χ1n) is 10.6. The summed E-state index contributed by atoms with van der Waals surface area (Å²) in [5.41, 5.74) is 2.83. The van der Waals surface area contributed by atoms with E-state index in [4.69, 9.17) is 16.6 Å². The van der Waals surface area contributed by atoms with E-state index in [0.29, 0.717) is 22.3 Å². The molecule has 0 saturated carbocycles. The molecule has 2 atom stereocenters. The topological polar surface area (TPSA) is 78.6 Å². The zero-order valence-corrected chi connectivity index (χ0v) is 18.9. The van der Waals surface area contributed by atoms with Crippen LogP contribution in [0.15, 0.2) is 83.4 Å². The zero-order chi connectivity index (χ0) is 23.8. The first-order chi connectivity index (χ1) is 16.4. The molecule has 3 heterocycles. The summed E-state index contributed by atoms with van der Waals surface area (Å²) in [6.45, 7) is 1.83. The standard InChI is InChI=1S/C26H20FN3O3S/c1-15-14-16(25(31)32)9-10-17(15)21-11-12-22(33-21)24-23(19-7-4-5-13-28-19)29-26(34)30(24)20-8-3-2-6-18(20)27/h2-14,23-24H,1H3,(H,29,34)(H,31,32)/t23-,24-/m0/s1. The fourth-order valence-corrected chi connectivity index (χ4v) is 4.62. The number of halogens is 1. The zero-order valence-electron chi connectivity index (χ0n) is 18.1. The minimum Gasteiger partial charge on any atom is -0.478 e. The fourth-order valence-electron chi connectivity index (χ4n) is 4.28. The Morgan fingerprint density at radius 2 is 1.91 bits per heavy atom. The van der Waals surface area contributed by atoms with Crippen LogP contribution < -0.4 is 10.2 Å². The molecular weight excluding hydrogens is 453 g/mol. The van der Waals surface area contributed by atoms with Crippen LogP contribution in [-0.2, 0) is 0 Å². The monoisotopic (exact) mass is 473 g/mol. The lowest BCUT2D eigenvalue weighted by Gasteiger charge is -2.26. The predicted molar refractivity (Wildman–Crippen MR) is 130 cm³/mol. The molecular formula is C26H20FN3O3S. The van der Waals surface area contributed by atoms with E-state index in [0.717, 1.165) is 16.8 Å². The largest absolute Gasteiger partial charge is 0.478 e. The van der Waals surface area contributed by atoms with Gasteiger partial charge in [0.2, 0.25) is 0 Å². The summed E-state index contributed by atoms with van der Waals surface area (Å²) >= 11 is 5.62. The van der Waals surface area contributed by atoms with E-state index in [1.165, 1.54) is 6.07 Å². The third-order valence-corrected chi connectivity index (χ3v) is 6.18. The Morgan fingerprint density at radius 3 is 2.62 bits per heavy atom. The summed E-state index contributed by atoms with van der Waals surface area (Å²) in [5.74, 6) is -0.234. The van der Waals surface area contributed by atoms with Crippen molar-refractivity contribution < 1.29 is 18.7 Å². The van der Waals surface area contributed by atoms with Crippen molar-refractivity contribution in [1.82, 2.24) is 10.3 Å². The van der Waals surface area contributed by atoms with Gasteiger partial charge >= 0.3 is 5.97 Å². The van der Waals surface area contributed by atoms with Crippen LogP contribution in [0.4, 0.5) is 10.1 Å². The van der Waals surface area contributed by atoms with Crippen molar-refractivity contribution in [3.63, 3.8) is 0 Å². The van der Waals surface area contributed by atoms with Crippen molar-refractivity contribution in [3.8, 4) is 11.3 Å². The number of nitrogens with one attached hydrogen (secondary N) is 1. The van der Waals surface area contributed by atoms with Crippen molar-refractivity contribution in [2.75, 3.05) is 4.90 Å². The molecule has 2 N–H and O–H groups in total. The number of hydrogen-bond acceptors (Lipinski definition) is 4. The number of carboxylic acid groups (broad SMARTS) is 1. The van der Waals surface area contributed by atoms with Crippen LogP contribution >= 0.6 is 12.2 Å². The normalized spacial score (nSPS) is 17.6. The van der Waals surface area contributed by atoms with Gasteiger partial charge in [0.1, 0.15) is 23.4 Å². The summed E-state index contributed by atoms with van der Waals surface area (Å²) in [7, 11) is 0. The summed E-state index contributed by atoms with van der Waals surface area (Å²) < 4.78 is 21.1. The van der Waals surface area contributed by atoms with Crippen LogP contribution in [0.25, 0.3) is 11.3 Å². The quantitative estimate of drug-likeness (QED) is 0.362. The number of thiocarbonyl (C=S) groups is 1. The number of furan rings is 1. The molecule has 0 bridgehead atoms. The van der Waals surface area contributed by atoms with Crippen LogP contribution in [0.3, 0.4) is 0 Å². The Balaban J connectivity index is 1.60. The minimum atomic E-state index is -0.987. The van der Waals surface area contributed by atoms with E-state index < -0.39 is 17.8 Å². The Bertz CT molecular complexity index is 1390. The molecule has 6 nitrogen and oxygen atoms in total. The van der Waals surface area contributed by atoms with Gasteiger partial charge in [-0.1, -0.05) is 24.3 Å². The van der Waals surface area contributed by atoms with Gasteiger partial charge in [-0.2, -0.15) is 0 Å². The molecule has 4 aromatic rings. The highest BCUT2D eigenvalue weighted by Crippen LogP contribution is 2.43. The van der Waals surface area contributed by atoms with E-state index in [1.807, 2.05) is 37.3 Å². The van der Waals surface area contributed by atoms with Gasteiger partial charge in [-0.05, 0) is 73.2 Å². The number of aromatic nitrogens is 1. The van der Waals surface area contributed by atoms with Gasteiger partial charge in [0.05, 0.1) is 23.0 Å². The van der Waals surface area contributed by atoms with Gasteiger partial charge in [0.15, 0.2) is 5.11 Å².